The van der Waals surface area contributed by atoms with E-state index in [4.69, 9.17) is 19.1 Å². The van der Waals surface area contributed by atoms with Crippen molar-refractivity contribution in [1.82, 2.24) is 0 Å². The van der Waals surface area contributed by atoms with E-state index in [2.05, 4.69) is 0 Å². The van der Waals surface area contributed by atoms with Gasteiger partial charge >= 0.3 is 0 Å². The second kappa shape index (κ2) is 2.07. The predicted molar refractivity (Wildman–Crippen MR) is 30.7 cm³/mol. The lowest BCUT2D eigenvalue weighted by atomic mass is 9.96. The summed E-state index contributed by atoms with van der Waals surface area (Å²) in [5.41, 5.74) is 0. The highest BCUT2D eigenvalue weighted by molar-refractivity contribution is 6.11. The Morgan fingerprint density at radius 2 is 2.75 bits per heavy atom. The smallest absolute Gasteiger partial charge is 0.109 e. The molecule has 0 saturated carbocycles. The Morgan fingerprint density at radius 3 is 3.00 bits per heavy atom. The van der Waals surface area contributed by atoms with Crippen molar-refractivity contribution in [3.8, 4) is 0 Å². The first kappa shape index (κ1) is 4.83. The standard InChI is InChI=1S/C5H9BO2/c1-3-4(7)2-5(6)8-3/h3-5,7H,2H2,1H3/t3-,4-,5-/m1/s1/i1D. The topological polar surface area (TPSA) is 29.5 Å². The molecular weight excluding hydrogens is 103 g/mol. The maximum atomic E-state index is 9.03. The molecule has 3 heteroatoms. The van der Waals surface area contributed by atoms with Gasteiger partial charge in [-0.15, -0.1) is 0 Å². The fourth-order valence-corrected chi connectivity index (χ4v) is 0.761. The maximum Gasteiger partial charge on any atom is 0.109 e. The van der Waals surface area contributed by atoms with Crippen LogP contribution in [-0.4, -0.2) is 31.2 Å². The second-order valence-corrected chi connectivity index (χ2v) is 2.02. The minimum absolute atomic E-state index is 0.0921. The molecule has 1 heterocycles. The molecule has 0 aromatic carbocycles. The van der Waals surface area contributed by atoms with Crippen molar-refractivity contribution < 1.29 is 11.2 Å². The third-order valence-corrected chi connectivity index (χ3v) is 1.25. The number of rotatable bonds is 0. The van der Waals surface area contributed by atoms with Gasteiger partial charge in [0.2, 0.25) is 0 Å². The van der Waals surface area contributed by atoms with Crippen molar-refractivity contribution in [2.24, 2.45) is 0 Å². The maximum absolute atomic E-state index is 9.03. The van der Waals surface area contributed by atoms with Crippen LogP contribution >= 0.6 is 0 Å². The predicted octanol–water partition coefficient (Wildman–Crippen LogP) is -0.349. The largest absolute Gasteiger partial charge is 0.390 e. The molecule has 1 aliphatic rings. The Kier molecular flexibility index (Phi) is 1.25. The zero-order chi connectivity index (χ0) is 6.85. The first-order valence-electron chi connectivity index (χ1n) is 3.33. The van der Waals surface area contributed by atoms with Crippen LogP contribution in [0.25, 0.3) is 0 Å². The van der Waals surface area contributed by atoms with Crippen LogP contribution in [0.5, 0.6) is 0 Å². The van der Waals surface area contributed by atoms with Crippen molar-refractivity contribution in [3.63, 3.8) is 0 Å². The molecule has 2 radical (unpaired) electrons. The van der Waals surface area contributed by atoms with E-state index in [0.717, 1.165) is 0 Å². The van der Waals surface area contributed by atoms with Gasteiger partial charge in [-0.3, -0.25) is 0 Å². The molecule has 1 N–H and O–H groups in total. The van der Waals surface area contributed by atoms with Crippen LogP contribution in [0.4, 0.5) is 0 Å². The summed E-state index contributed by atoms with van der Waals surface area (Å²) in [6.07, 6.45) is -0.429. The number of aliphatic hydroxyl groups is 1. The zero-order valence-corrected chi connectivity index (χ0v) is 4.58. The van der Waals surface area contributed by atoms with Crippen LogP contribution in [0, 0.1) is 0 Å². The lowest BCUT2D eigenvalue weighted by Gasteiger charge is -2.04. The highest BCUT2D eigenvalue weighted by atomic mass is 16.5. The van der Waals surface area contributed by atoms with Crippen LogP contribution in [0.3, 0.4) is 0 Å². The number of hydrogen-bond donors (Lipinski definition) is 1. The molecule has 2 nitrogen and oxygen atoms in total. The number of hydrogen-bond acceptors (Lipinski definition) is 2. The van der Waals surface area contributed by atoms with E-state index in [1.54, 1.807) is 0 Å². The summed E-state index contributed by atoms with van der Waals surface area (Å²) in [7, 11) is 5.33. The van der Waals surface area contributed by atoms with Crippen LogP contribution < -0.4 is 0 Å². The molecule has 0 aromatic heterocycles. The summed E-state index contributed by atoms with van der Waals surface area (Å²) in [5.74, 6) is 0. The minimum Gasteiger partial charge on any atom is -0.390 e. The zero-order valence-electron chi connectivity index (χ0n) is 5.58. The Morgan fingerprint density at radius 1 is 2.00 bits per heavy atom. The first-order chi connectivity index (χ1) is 4.24. The quantitative estimate of drug-likeness (QED) is 0.435. The molecule has 0 spiro atoms. The molecular formula is C5H9BO2. The average Bonchev–Trinajstić information content (AvgIpc) is 2.10. The summed E-state index contributed by atoms with van der Waals surface area (Å²) in [6.45, 7) is 0.0921. The molecule has 0 aromatic rings. The summed E-state index contributed by atoms with van der Waals surface area (Å²) >= 11 is 0. The van der Waals surface area contributed by atoms with Crippen molar-refractivity contribution in [2.45, 2.75) is 31.5 Å². The lowest BCUT2D eigenvalue weighted by Crippen LogP contribution is -2.15. The normalized spacial score (nSPS) is 49.1. The van der Waals surface area contributed by atoms with Crippen molar-refractivity contribution in [3.05, 3.63) is 0 Å². The third-order valence-electron chi connectivity index (χ3n) is 1.25. The molecule has 1 fully saturated rings. The molecule has 8 heavy (non-hydrogen) atoms. The Bertz CT molecular complexity index is 101. The summed E-state index contributed by atoms with van der Waals surface area (Å²) in [6, 6.07) is -0.365. The van der Waals surface area contributed by atoms with E-state index >= 15 is 0 Å². The molecule has 1 aliphatic heterocycles. The lowest BCUT2D eigenvalue weighted by molar-refractivity contribution is 0.0456. The third kappa shape index (κ3) is 1.04. The Balaban J connectivity index is 2.38. The minimum atomic E-state index is -0.530. The molecule has 1 rings (SSSR count). The van der Waals surface area contributed by atoms with E-state index in [-0.39, 0.29) is 19.0 Å². The van der Waals surface area contributed by atoms with Gasteiger partial charge in [-0.25, -0.2) is 0 Å². The van der Waals surface area contributed by atoms with Crippen molar-refractivity contribution in [2.75, 3.05) is 0 Å². The average molecular weight is 113 g/mol. The molecule has 0 amide bonds. The number of ether oxygens (including phenoxy) is 1. The van der Waals surface area contributed by atoms with Gasteiger partial charge in [0.15, 0.2) is 0 Å². The van der Waals surface area contributed by atoms with E-state index in [1.807, 2.05) is 0 Å². The van der Waals surface area contributed by atoms with Crippen molar-refractivity contribution >= 4 is 7.85 Å². The number of aliphatic hydroxyl groups excluding tert-OH is 1. The highest BCUT2D eigenvalue weighted by Gasteiger charge is 2.26. The van der Waals surface area contributed by atoms with Crippen LogP contribution in [0.2, 0.25) is 0 Å². The fraction of sp³-hybridized carbons (Fsp3) is 1.00. The van der Waals surface area contributed by atoms with Gasteiger partial charge in [0.25, 0.3) is 0 Å². The highest BCUT2D eigenvalue weighted by Crippen LogP contribution is 2.16. The fourth-order valence-electron chi connectivity index (χ4n) is 0.761. The second-order valence-electron chi connectivity index (χ2n) is 2.02. The summed E-state index contributed by atoms with van der Waals surface area (Å²) in [4.78, 5) is 0. The molecule has 1 saturated heterocycles. The van der Waals surface area contributed by atoms with Gasteiger partial charge in [0, 0.05) is 7.37 Å². The van der Waals surface area contributed by atoms with Crippen LogP contribution in [-0.2, 0) is 4.74 Å². The van der Waals surface area contributed by atoms with E-state index in [1.165, 1.54) is 0 Å². The monoisotopic (exact) mass is 113 g/mol. The van der Waals surface area contributed by atoms with Gasteiger partial charge < -0.3 is 9.84 Å². The van der Waals surface area contributed by atoms with Crippen LogP contribution in [0.1, 0.15) is 14.7 Å². The first-order valence-corrected chi connectivity index (χ1v) is 2.62. The molecule has 0 bridgehead atoms. The molecule has 44 valence electrons. The van der Waals surface area contributed by atoms with Crippen molar-refractivity contribution in [1.29, 1.82) is 0 Å². The summed E-state index contributed by atoms with van der Waals surface area (Å²) < 4.78 is 11.8. The molecule has 3 atom stereocenters. The van der Waals surface area contributed by atoms with Gasteiger partial charge in [-0.1, -0.05) is 0 Å². The van der Waals surface area contributed by atoms with Gasteiger partial charge in [0.1, 0.15) is 7.85 Å². The van der Waals surface area contributed by atoms with Gasteiger partial charge in [-0.05, 0) is 13.3 Å². The molecule has 0 aliphatic carbocycles. The summed E-state index contributed by atoms with van der Waals surface area (Å²) in [5, 5.41) is 9.03. The van der Waals surface area contributed by atoms with Crippen LogP contribution in [0.15, 0.2) is 0 Å². The Labute approximate surface area is 51.7 Å². The van der Waals surface area contributed by atoms with E-state index in [9.17, 15) is 0 Å². The SMILES string of the molecule is [2H]C[C@H]1O[C@@H]([B])C[C@H]1O. The van der Waals surface area contributed by atoms with Gasteiger partial charge in [-0.2, -0.15) is 0 Å². The molecule has 0 unspecified atom stereocenters. The Hall–Kier alpha value is -0.0151. The van der Waals surface area contributed by atoms with E-state index in [0.29, 0.717) is 6.42 Å². The van der Waals surface area contributed by atoms with E-state index < -0.39 is 6.10 Å². The van der Waals surface area contributed by atoms with Gasteiger partial charge in [0.05, 0.1) is 12.2 Å².